The zero-order chi connectivity index (χ0) is 20.8. The number of nitrogens with zero attached hydrogens (tertiary/aromatic N) is 3. The summed E-state index contributed by atoms with van der Waals surface area (Å²) < 4.78 is 5.49. The molecule has 1 N–H and O–H groups in total. The van der Waals surface area contributed by atoms with Gasteiger partial charge < -0.3 is 15.0 Å². The summed E-state index contributed by atoms with van der Waals surface area (Å²) in [4.78, 5) is 21.7. The molecule has 1 saturated heterocycles. The Kier molecular flexibility index (Phi) is 6.44. The Morgan fingerprint density at radius 2 is 1.77 bits per heavy atom. The monoisotopic (exact) mass is 404 g/mol. The van der Waals surface area contributed by atoms with Crippen LogP contribution in [0.3, 0.4) is 0 Å². The second-order valence-electron chi connectivity index (χ2n) is 7.50. The predicted octanol–water partition coefficient (Wildman–Crippen LogP) is 3.19. The average molecular weight is 405 g/mol. The maximum absolute atomic E-state index is 12.4. The number of fused-ring (bicyclic) bond motifs is 1. The smallest absolute Gasteiger partial charge is 0.269 e. The molecular formula is C24H28N4O2. The number of carbonyl (C=O) groups excluding carboxylic acids is 1. The van der Waals surface area contributed by atoms with Crippen LogP contribution in [0.5, 0.6) is 5.75 Å². The van der Waals surface area contributed by atoms with E-state index >= 15 is 0 Å². The normalized spacial score (nSPS) is 14.6. The molecular weight excluding hydrogens is 376 g/mol. The summed E-state index contributed by atoms with van der Waals surface area (Å²) in [6.07, 6.45) is 0.925. The van der Waals surface area contributed by atoms with Gasteiger partial charge in [-0.1, -0.05) is 36.4 Å². The maximum atomic E-state index is 12.4. The molecule has 1 aliphatic heterocycles. The second-order valence-corrected chi connectivity index (χ2v) is 7.50. The van der Waals surface area contributed by atoms with Gasteiger partial charge in [0.25, 0.3) is 5.91 Å². The van der Waals surface area contributed by atoms with Crippen molar-refractivity contribution in [2.24, 2.45) is 0 Å². The fourth-order valence-corrected chi connectivity index (χ4v) is 3.89. The number of pyridine rings is 1. The van der Waals surface area contributed by atoms with Gasteiger partial charge in [0.2, 0.25) is 0 Å². The fraction of sp³-hybridized carbons (Fsp3) is 0.333. The summed E-state index contributed by atoms with van der Waals surface area (Å²) in [5.74, 6) is 0.817. The molecule has 4 rings (SSSR count). The lowest BCUT2D eigenvalue weighted by atomic mass is 10.2. The third-order valence-corrected chi connectivity index (χ3v) is 5.57. The zero-order valence-corrected chi connectivity index (χ0v) is 17.4. The maximum Gasteiger partial charge on any atom is 0.269 e. The van der Waals surface area contributed by atoms with Crippen LogP contribution in [-0.4, -0.2) is 62.2 Å². The highest BCUT2D eigenvalue weighted by molar-refractivity contribution is 5.94. The van der Waals surface area contributed by atoms with Gasteiger partial charge in [-0.05, 0) is 37.2 Å². The Morgan fingerprint density at radius 3 is 2.60 bits per heavy atom. The number of aromatic nitrogens is 1. The van der Waals surface area contributed by atoms with Gasteiger partial charge in [0, 0.05) is 38.1 Å². The van der Waals surface area contributed by atoms with Crippen LogP contribution >= 0.6 is 0 Å². The van der Waals surface area contributed by atoms with Gasteiger partial charge in [-0.15, -0.1) is 0 Å². The molecule has 0 aliphatic carbocycles. The van der Waals surface area contributed by atoms with Crippen LogP contribution in [0.4, 0.5) is 5.69 Å². The van der Waals surface area contributed by atoms with E-state index in [-0.39, 0.29) is 5.91 Å². The molecule has 0 saturated carbocycles. The van der Waals surface area contributed by atoms with Gasteiger partial charge in [-0.25, -0.2) is 4.98 Å². The molecule has 2 heterocycles. The van der Waals surface area contributed by atoms with Crippen molar-refractivity contribution < 1.29 is 9.53 Å². The summed E-state index contributed by atoms with van der Waals surface area (Å²) in [5, 5.41) is 4.04. The Labute approximate surface area is 177 Å². The van der Waals surface area contributed by atoms with Gasteiger partial charge in [-0.2, -0.15) is 0 Å². The molecule has 156 valence electrons. The van der Waals surface area contributed by atoms with Crippen molar-refractivity contribution >= 4 is 22.5 Å². The molecule has 1 aliphatic rings. The molecule has 3 aromatic rings. The van der Waals surface area contributed by atoms with Crippen molar-refractivity contribution in [3.05, 3.63) is 66.4 Å². The highest BCUT2D eigenvalue weighted by Crippen LogP contribution is 2.28. The molecule has 1 aromatic heterocycles. The molecule has 1 fully saturated rings. The van der Waals surface area contributed by atoms with Gasteiger partial charge >= 0.3 is 0 Å². The minimum atomic E-state index is -0.109. The van der Waals surface area contributed by atoms with E-state index in [0.717, 1.165) is 61.5 Å². The molecule has 0 unspecified atom stereocenters. The van der Waals surface area contributed by atoms with Gasteiger partial charge in [0.15, 0.2) is 0 Å². The van der Waals surface area contributed by atoms with Crippen LogP contribution in [0.2, 0.25) is 0 Å². The number of rotatable bonds is 7. The number of nitrogens with one attached hydrogen (secondary N) is 1. The minimum absolute atomic E-state index is 0.109. The lowest BCUT2D eigenvalue weighted by molar-refractivity contribution is 0.0947. The van der Waals surface area contributed by atoms with Crippen LogP contribution < -0.4 is 15.0 Å². The van der Waals surface area contributed by atoms with Crippen LogP contribution in [0.15, 0.2) is 60.7 Å². The molecule has 30 heavy (non-hydrogen) atoms. The number of amides is 1. The summed E-state index contributed by atoms with van der Waals surface area (Å²) >= 11 is 0. The van der Waals surface area contributed by atoms with Crippen molar-refractivity contribution in [2.45, 2.75) is 6.42 Å². The fourth-order valence-electron chi connectivity index (χ4n) is 3.89. The summed E-state index contributed by atoms with van der Waals surface area (Å²) in [6.45, 7) is 5.61. The Hall–Kier alpha value is -3.12. The zero-order valence-electron chi connectivity index (χ0n) is 17.4. The van der Waals surface area contributed by atoms with Crippen molar-refractivity contribution in [3.63, 3.8) is 0 Å². The second kappa shape index (κ2) is 9.59. The number of hydrogen-bond donors (Lipinski definition) is 1. The van der Waals surface area contributed by atoms with Gasteiger partial charge in [0.05, 0.1) is 18.3 Å². The first-order valence-corrected chi connectivity index (χ1v) is 10.5. The quantitative estimate of drug-likeness (QED) is 0.613. The molecule has 0 radical (unpaired) electrons. The summed E-state index contributed by atoms with van der Waals surface area (Å²) in [5.41, 5.74) is 2.48. The predicted molar refractivity (Wildman–Crippen MR) is 120 cm³/mol. The van der Waals surface area contributed by atoms with E-state index in [1.807, 2.05) is 42.5 Å². The standard InChI is InChI=1S/C24H28N4O2/c1-30-23-10-5-4-9-22(23)28-17-15-27(16-18-28)14-6-13-25-24(29)21-12-11-19-7-2-3-8-20(19)26-21/h2-5,7-12H,6,13-18H2,1H3,(H,25,29). The van der Waals surface area contributed by atoms with Gasteiger partial charge in [-0.3, -0.25) is 9.69 Å². The van der Waals surface area contributed by atoms with E-state index in [9.17, 15) is 4.79 Å². The number of benzene rings is 2. The topological polar surface area (TPSA) is 57.7 Å². The third kappa shape index (κ3) is 4.71. The highest BCUT2D eigenvalue weighted by atomic mass is 16.5. The van der Waals surface area contributed by atoms with Crippen LogP contribution in [-0.2, 0) is 0 Å². The molecule has 6 nitrogen and oxygen atoms in total. The highest BCUT2D eigenvalue weighted by Gasteiger charge is 2.19. The molecule has 0 atom stereocenters. The molecule has 2 aromatic carbocycles. The summed E-state index contributed by atoms with van der Waals surface area (Å²) in [7, 11) is 1.72. The Morgan fingerprint density at radius 1 is 1.00 bits per heavy atom. The largest absolute Gasteiger partial charge is 0.495 e. The number of piperazine rings is 1. The first-order valence-electron chi connectivity index (χ1n) is 10.5. The van der Waals surface area contributed by atoms with E-state index in [1.165, 1.54) is 0 Å². The Bertz CT molecular complexity index is 999. The van der Waals surface area contributed by atoms with Gasteiger partial charge in [0.1, 0.15) is 11.4 Å². The van der Waals surface area contributed by atoms with Crippen molar-refractivity contribution in [1.29, 1.82) is 0 Å². The van der Waals surface area contributed by atoms with E-state index < -0.39 is 0 Å². The SMILES string of the molecule is COc1ccccc1N1CCN(CCCNC(=O)c2ccc3ccccc3n2)CC1. The average Bonchev–Trinajstić information content (AvgIpc) is 2.81. The van der Waals surface area contributed by atoms with Crippen molar-refractivity contribution in [3.8, 4) is 5.75 Å². The first kappa shape index (κ1) is 20.2. The van der Waals surface area contributed by atoms with Crippen molar-refractivity contribution in [1.82, 2.24) is 15.2 Å². The Balaban J connectivity index is 1.20. The van der Waals surface area contributed by atoms with E-state index in [0.29, 0.717) is 12.2 Å². The van der Waals surface area contributed by atoms with Crippen LogP contribution in [0.1, 0.15) is 16.9 Å². The lowest BCUT2D eigenvalue weighted by Gasteiger charge is -2.36. The van der Waals surface area contributed by atoms with Crippen LogP contribution in [0.25, 0.3) is 10.9 Å². The number of anilines is 1. The number of carbonyl (C=O) groups is 1. The van der Waals surface area contributed by atoms with E-state index in [4.69, 9.17) is 4.74 Å². The number of para-hydroxylation sites is 3. The number of methoxy groups -OCH3 is 1. The molecule has 6 heteroatoms. The lowest BCUT2D eigenvalue weighted by Crippen LogP contribution is -2.47. The molecule has 0 bridgehead atoms. The molecule has 1 amide bonds. The number of ether oxygens (including phenoxy) is 1. The van der Waals surface area contributed by atoms with Crippen LogP contribution in [0, 0.1) is 0 Å². The van der Waals surface area contributed by atoms with E-state index in [2.05, 4.69) is 32.2 Å². The van der Waals surface area contributed by atoms with E-state index in [1.54, 1.807) is 13.2 Å². The molecule has 0 spiro atoms. The third-order valence-electron chi connectivity index (χ3n) is 5.57. The number of hydrogen-bond acceptors (Lipinski definition) is 5. The van der Waals surface area contributed by atoms with Crippen molar-refractivity contribution in [2.75, 3.05) is 51.3 Å². The minimum Gasteiger partial charge on any atom is -0.495 e. The summed E-state index contributed by atoms with van der Waals surface area (Å²) in [6, 6.07) is 19.7. The first-order chi connectivity index (χ1) is 14.7.